The lowest BCUT2D eigenvalue weighted by atomic mass is 9.96. The molecule has 3 amide bonds. The average Bonchev–Trinajstić information content (AvgIpc) is 3.60. The molecule has 228 valence electrons. The molecule has 1 aliphatic heterocycles. The Morgan fingerprint density at radius 3 is 2.48 bits per heavy atom. The van der Waals surface area contributed by atoms with Gasteiger partial charge in [0.05, 0.1) is 12.0 Å². The summed E-state index contributed by atoms with van der Waals surface area (Å²) in [5.41, 5.74) is 2.87. The molecule has 5 rings (SSSR count). The second-order valence-corrected chi connectivity index (χ2v) is 11.0. The zero-order valence-corrected chi connectivity index (χ0v) is 24.4. The number of amides is 3. The van der Waals surface area contributed by atoms with Crippen LogP contribution in [0.2, 0.25) is 0 Å². The van der Waals surface area contributed by atoms with Gasteiger partial charge in [-0.2, -0.15) is 0 Å². The highest BCUT2D eigenvalue weighted by atomic mass is 16.7. The number of aromatic nitrogens is 1. The van der Waals surface area contributed by atoms with Crippen molar-refractivity contribution >= 4 is 51.7 Å². The number of para-hydroxylation sites is 1. The number of H-pyrrole nitrogens is 1. The van der Waals surface area contributed by atoms with E-state index in [1.807, 2.05) is 72.9 Å². The van der Waals surface area contributed by atoms with Gasteiger partial charge in [-0.15, -0.1) is 5.06 Å². The standard InChI is InChI=1S/C34H36N4O6/c39-22-27(25-14-13-23-8-3-4-9-24(23)18-25)21-37-30(19-26-20-36-29-11-6-5-10-28(26)29)34(43)35-17-7-1-2-12-33(42)44-38-31(40)15-16-32(38)41/h3-6,8-11,13-14,18,20,22,27,30,36-37H,1-2,7,12,15-17,19,21H2,(H,35,43)/t27?,30-/m0/s1. The Morgan fingerprint density at radius 2 is 1.68 bits per heavy atom. The first-order chi connectivity index (χ1) is 21.4. The van der Waals surface area contributed by atoms with E-state index >= 15 is 0 Å². The summed E-state index contributed by atoms with van der Waals surface area (Å²) in [6, 6.07) is 21.3. The number of hydrogen-bond acceptors (Lipinski definition) is 7. The summed E-state index contributed by atoms with van der Waals surface area (Å²) in [5, 5.41) is 10.1. The lowest BCUT2D eigenvalue weighted by Gasteiger charge is -2.21. The molecule has 0 radical (unpaired) electrons. The smallest absolute Gasteiger partial charge is 0.333 e. The second-order valence-electron chi connectivity index (χ2n) is 11.0. The molecular formula is C34H36N4O6. The first kappa shape index (κ1) is 30.6. The largest absolute Gasteiger partial charge is 0.361 e. The Kier molecular flexibility index (Phi) is 10.1. The maximum Gasteiger partial charge on any atom is 0.333 e. The van der Waals surface area contributed by atoms with Crippen molar-refractivity contribution in [2.45, 2.75) is 56.9 Å². The van der Waals surface area contributed by atoms with Crippen LogP contribution in [-0.2, 0) is 35.2 Å². The molecule has 1 aromatic heterocycles. The summed E-state index contributed by atoms with van der Waals surface area (Å²) in [5.74, 6) is -2.23. The number of hydrogen-bond donors (Lipinski definition) is 3. The molecule has 0 spiro atoms. The minimum atomic E-state index is -0.628. The number of carbonyl (C=O) groups excluding carboxylic acids is 5. The van der Waals surface area contributed by atoms with E-state index in [0.717, 1.165) is 39.1 Å². The Balaban J connectivity index is 1.15. The molecule has 10 heteroatoms. The highest BCUT2D eigenvalue weighted by Crippen LogP contribution is 2.22. The zero-order chi connectivity index (χ0) is 30.9. The van der Waals surface area contributed by atoms with E-state index in [9.17, 15) is 24.0 Å². The third-order valence-electron chi connectivity index (χ3n) is 7.92. The van der Waals surface area contributed by atoms with Crippen molar-refractivity contribution in [2.75, 3.05) is 13.1 Å². The van der Waals surface area contributed by atoms with Crippen molar-refractivity contribution in [3.8, 4) is 0 Å². The Bertz CT molecular complexity index is 1650. The van der Waals surface area contributed by atoms with Gasteiger partial charge in [0.15, 0.2) is 0 Å². The van der Waals surface area contributed by atoms with Crippen LogP contribution in [0.3, 0.4) is 0 Å². The molecule has 0 aliphatic carbocycles. The number of nitrogens with zero attached hydrogens (tertiary/aromatic N) is 1. The number of benzene rings is 3. The molecular weight excluding hydrogens is 560 g/mol. The Hall–Kier alpha value is -4.83. The molecule has 10 nitrogen and oxygen atoms in total. The lowest BCUT2D eigenvalue weighted by molar-refractivity contribution is -0.197. The number of nitrogens with one attached hydrogen (secondary N) is 3. The van der Waals surface area contributed by atoms with Gasteiger partial charge >= 0.3 is 5.97 Å². The highest BCUT2D eigenvalue weighted by molar-refractivity contribution is 6.01. The van der Waals surface area contributed by atoms with Crippen molar-refractivity contribution in [3.05, 3.63) is 84.1 Å². The van der Waals surface area contributed by atoms with Crippen LogP contribution in [0, 0.1) is 0 Å². The van der Waals surface area contributed by atoms with E-state index < -0.39 is 29.7 Å². The van der Waals surface area contributed by atoms with Gasteiger partial charge in [-0.1, -0.05) is 67.1 Å². The van der Waals surface area contributed by atoms with Crippen molar-refractivity contribution in [1.29, 1.82) is 0 Å². The fourth-order valence-corrected chi connectivity index (χ4v) is 5.44. The molecule has 2 heterocycles. The number of carbonyl (C=O) groups is 5. The van der Waals surface area contributed by atoms with Gasteiger partial charge in [0, 0.05) is 49.5 Å². The maximum absolute atomic E-state index is 13.4. The van der Waals surface area contributed by atoms with Gasteiger partial charge in [-0.25, -0.2) is 4.79 Å². The van der Waals surface area contributed by atoms with E-state index in [1.54, 1.807) is 0 Å². The molecule has 4 aromatic rings. The van der Waals surface area contributed by atoms with Gasteiger partial charge in [-0.05, 0) is 47.2 Å². The number of rotatable bonds is 15. The Labute approximate surface area is 255 Å². The number of unbranched alkanes of at least 4 members (excludes halogenated alkanes) is 2. The van der Waals surface area contributed by atoms with E-state index in [0.29, 0.717) is 43.8 Å². The van der Waals surface area contributed by atoms with E-state index in [4.69, 9.17) is 4.84 Å². The van der Waals surface area contributed by atoms with E-state index in [2.05, 4.69) is 15.6 Å². The Morgan fingerprint density at radius 1 is 0.932 bits per heavy atom. The predicted molar refractivity (Wildman–Crippen MR) is 165 cm³/mol. The van der Waals surface area contributed by atoms with Crippen LogP contribution in [0.5, 0.6) is 0 Å². The molecule has 3 aromatic carbocycles. The van der Waals surface area contributed by atoms with Gasteiger partial charge in [0.2, 0.25) is 5.91 Å². The molecule has 1 saturated heterocycles. The molecule has 0 saturated carbocycles. The summed E-state index contributed by atoms with van der Waals surface area (Å²) in [4.78, 5) is 68.9. The normalized spacial score (nSPS) is 14.6. The van der Waals surface area contributed by atoms with Crippen molar-refractivity contribution in [3.63, 3.8) is 0 Å². The fourth-order valence-electron chi connectivity index (χ4n) is 5.44. The van der Waals surface area contributed by atoms with Crippen molar-refractivity contribution in [1.82, 2.24) is 20.7 Å². The topological polar surface area (TPSA) is 138 Å². The van der Waals surface area contributed by atoms with Gasteiger partial charge in [-0.3, -0.25) is 14.4 Å². The average molecular weight is 597 g/mol. The number of imide groups is 1. The summed E-state index contributed by atoms with van der Waals surface area (Å²) in [7, 11) is 0. The van der Waals surface area contributed by atoms with Crippen LogP contribution in [0.25, 0.3) is 21.7 Å². The summed E-state index contributed by atoms with van der Waals surface area (Å²) in [6.07, 6.45) is 5.21. The van der Waals surface area contributed by atoms with Gasteiger partial charge in [0.1, 0.15) is 6.29 Å². The minimum absolute atomic E-state index is 0.0568. The van der Waals surface area contributed by atoms with Crippen LogP contribution >= 0.6 is 0 Å². The predicted octanol–water partition coefficient (Wildman–Crippen LogP) is 4.09. The third-order valence-corrected chi connectivity index (χ3v) is 7.92. The van der Waals surface area contributed by atoms with Crippen LogP contribution in [-0.4, -0.2) is 59.2 Å². The summed E-state index contributed by atoms with van der Waals surface area (Å²) < 4.78 is 0. The maximum atomic E-state index is 13.4. The summed E-state index contributed by atoms with van der Waals surface area (Å²) in [6.45, 7) is 0.706. The zero-order valence-electron chi connectivity index (χ0n) is 24.4. The van der Waals surface area contributed by atoms with E-state index in [-0.39, 0.29) is 25.2 Å². The lowest BCUT2D eigenvalue weighted by Crippen LogP contribution is -2.47. The number of fused-ring (bicyclic) bond motifs is 2. The van der Waals surface area contributed by atoms with Gasteiger partial charge < -0.3 is 25.2 Å². The molecule has 44 heavy (non-hydrogen) atoms. The molecule has 1 aliphatic rings. The minimum Gasteiger partial charge on any atom is -0.361 e. The van der Waals surface area contributed by atoms with Crippen LogP contribution in [0.15, 0.2) is 72.9 Å². The van der Waals surface area contributed by atoms with Crippen LogP contribution < -0.4 is 10.6 Å². The first-order valence-corrected chi connectivity index (χ1v) is 15.0. The number of hydroxylamine groups is 2. The number of aromatic amines is 1. The van der Waals surface area contributed by atoms with Crippen molar-refractivity contribution < 1.29 is 28.8 Å². The summed E-state index contributed by atoms with van der Waals surface area (Å²) >= 11 is 0. The monoisotopic (exact) mass is 596 g/mol. The molecule has 0 bridgehead atoms. The van der Waals surface area contributed by atoms with Crippen LogP contribution in [0.4, 0.5) is 0 Å². The second kappa shape index (κ2) is 14.6. The van der Waals surface area contributed by atoms with Crippen LogP contribution in [0.1, 0.15) is 55.6 Å². The quantitative estimate of drug-likeness (QED) is 0.107. The highest BCUT2D eigenvalue weighted by Gasteiger charge is 2.32. The molecule has 1 fully saturated rings. The molecule has 2 atom stereocenters. The van der Waals surface area contributed by atoms with Crippen molar-refractivity contribution in [2.24, 2.45) is 0 Å². The SMILES string of the molecule is O=CC(CN[C@@H](Cc1c[nH]c2ccccc12)C(=O)NCCCCCC(=O)ON1C(=O)CCC1=O)c1ccc2ccccc2c1. The molecule has 3 N–H and O–H groups in total. The molecule has 1 unspecified atom stereocenters. The van der Waals surface area contributed by atoms with Gasteiger partial charge in [0.25, 0.3) is 11.8 Å². The third kappa shape index (κ3) is 7.57. The first-order valence-electron chi connectivity index (χ1n) is 15.0. The fraction of sp³-hybridized carbons (Fsp3) is 0.324. The van der Waals surface area contributed by atoms with E-state index in [1.165, 1.54) is 0 Å². The number of aldehydes is 1.